The maximum atomic E-state index is 11.7. The average molecular weight is 333 g/mol. The molecule has 10 nitrogen and oxygen atoms in total. The number of methoxy groups -OCH3 is 1. The molecule has 0 saturated carbocycles. The van der Waals surface area contributed by atoms with E-state index < -0.39 is 10.4 Å². The number of hydrogen-bond acceptors (Lipinski definition) is 6. The van der Waals surface area contributed by atoms with E-state index in [1.165, 1.54) is 6.39 Å². The van der Waals surface area contributed by atoms with Crippen molar-refractivity contribution in [3.05, 3.63) is 24.4 Å². The van der Waals surface area contributed by atoms with Crippen molar-refractivity contribution >= 4 is 22.0 Å². The van der Waals surface area contributed by atoms with Gasteiger partial charge in [0.25, 0.3) is 0 Å². The fraction of sp³-hybridized carbons (Fsp3) is 0.455. The van der Waals surface area contributed by atoms with Crippen LogP contribution in [0, 0.1) is 0 Å². The fourth-order valence-electron chi connectivity index (χ4n) is 2.35. The van der Waals surface area contributed by atoms with Crippen LogP contribution in [0.3, 0.4) is 0 Å². The Balaban J connectivity index is 0.000000309. The van der Waals surface area contributed by atoms with Crippen molar-refractivity contribution in [2.24, 2.45) is 0 Å². The van der Waals surface area contributed by atoms with Gasteiger partial charge in [-0.1, -0.05) is 6.08 Å². The van der Waals surface area contributed by atoms with Crippen LogP contribution in [0.4, 0.5) is 4.79 Å². The second-order valence-corrected chi connectivity index (χ2v) is 5.51. The molecule has 122 valence electrons. The maximum Gasteiger partial charge on any atom is 0.394 e. The molecule has 3 rings (SSSR count). The van der Waals surface area contributed by atoms with Crippen LogP contribution in [-0.4, -0.2) is 65.8 Å². The minimum Gasteiger partial charge on any atom is -0.444 e. The summed E-state index contributed by atoms with van der Waals surface area (Å²) in [6, 6.07) is -0.106. The summed E-state index contributed by atoms with van der Waals surface area (Å²) >= 11 is 0. The van der Waals surface area contributed by atoms with Gasteiger partial charge in [0.1, 0.15) is 0 Å². The molecule has 22 heavy (non-hydrogen) atoms. The largest absolute Gasteiger partial charge is 0.444 e. The van der Waals surface area contributed by atoms with Gasteiger partial charge in [-0.2, -0.15) is 8.42 Å². The van der Waals surface area contributed by atoms with Crippen molar-refractivity contribution in [1.29, 1.82) is 0 Å². The molecule has 2 atom stereocenters. The van der Waals surface area contributed by atoms with E-state index in [0.29, 0.717) is 18.9 Å². The topological polar surface area (TPSA) is 142 Å². The lowest BCUT2D eigenvalue weighted by molar-refractivity contribution is 0.133. The van der Waals surface area contributed by atoms with Gasteiger partial charge in [0.05, 0.1) is 24.9 Å². The predicted molar refractivity (Wildman–Crippen MR) is 73.3 cm³/mol. The molecule has 0 spiro atoms. The molecule has 1 fully saturated rings. The third kappa shape index (κ3) is 4.04. The number of rotatable bonds is 3. The summed E-state index contributed by atoms with van der Waals surface area (Å²) in [5, 5.41) is 2.92. The molecule has 2 amide bonds. The molecule has 0 radical (unpaired) electrons. The number of carbonyl (C=O) groups excluding carboxylic acids is 1. The van der Waals surface area contributed by atoms with E-state index in [0.717, 1.165) is 5.57 Å². The van der Waals surface area contributed by atoms with Gasteiger partial charge in [0.2, 0.25) is 0 Å². The number of nitrogens with one attached hydrogen (secondary N) is 1. The first-order chi connectivity index (χ1) is 10.3. The molecule has 2 bridgehead atoms. The number of aromatic nitrogens is 1. The Kier molecular flexibility index (Phi) is 4.81. The maximum absolute atomic E-state index is 11.7. The molecule has 11 heteroatoms. The van der Waals surface area contributed by atoms with Crippen LogP contribution in [0.5, 0.6) is 0 Å². The summed E-state index contributed by atoms with van der Waals surface area (Å²) in [6.45, 7) is 1.14. The molecule has 3 N–H and O–H groups in total. The van der Waals surface area contributed by atoms with Crippen molar-refractivity contribution < 1.29 is 31.5 Å². The smallest absolute Gasteiger partial charge is 0.394 e. The first-order valence-corrected chi connectivity index (χ1v) is 7.56. The predicted octanol–water partition coefficient (Wildman–Crippen LogP) is -0.172. The lowest BCUT2D eigenvalue weighted by Gasteiger charge is -2.28. The molecular weight excluding hydrogens is 318 g/mol. The van der Waals surface area contributed by atoms with Crippen LogP contribution in [0.1, 0.15) is 5.76 Å². The standard InChI is InChI=1S/C11H13N3O3.H2O4S/c1-16-5-7-2-8(10-3-12-6-17-10)9-4-14(7)11(15)13-9;1-5(2,3)4/h2-3,6-7,9H,4-5H2,1H3,(H,13,15);(H2,1,2,3,4)/t7-,9-;/m1./s1. The van der Waals surface area contributed by atoms with Gasteiger partial charge in [-0.15, -0.1) is 0 Å². The molecule has 3 heterocycles. The normalized spacial score (nSPS) is 23.5. The minimum absolute atomic E-state index is 0.0106. The number of carbonyl (C=O) groups is 1. The molecule has 2 aliphatic heterocycles. The van der Waals surface area contributed by atoms with Gasteiger partial charge >= 0.3 is 16.4 Å². The number of fused-ring (bicyclic) bond motifs is 2. The quantitative estimate of drug-likeness (QED) is 0.647. The van der Waals surface area contributed by atoms with Crippen LogP contribution >= 0.6 is 0 Å². The molecule has 0 aliphatic carbocycles. The van der Waals surface area contributed by atoms with Gasteiger partial charge in [0.15, 0.2) is 12.2 Å². The lowest BCUT2D eigenvalue weighted by Crippen LogP contribution is -2.41. The van der Waals surface area contributed by atoms with Gasteiger partial charge in [-0.3, -0.25) is 9.11 Å². The van der Waals surface area contributed by atoms with Crippen molar-refractivity contribution in [3.63, 3.8) is 0 Å². The minimum atomic E-state index is -4.67. The van der Waals surface area contributed by atoms with Crippen LogP contribution < -0.4 is 5.32 Å². The van der Waals surface area contributed by atoms with Gasteiger partial charge in [0, 0.05) is 19.2 Å². The summed E-state index contributed by atoms with van der Waals surface area (Å²) in [5.74, 6) is 0.706. The zero-order chi connectivity index (χ0) is 16.3. The Hall–Kier alpha value is -1.95. The molecular formula is C11H15N3O7S. The Morgan fingerprint density at radius 1 is 1.55 bits per heavy atom. The van der Waals surface area contributed by atoms with E-state index in [1.807, 2.05) is 6.08 Å². The second-order valence-electron chi connectivity index (χ2n) is 4.61. The van der Waals surface area contributed by atoms with E-state index in [2.05, 4.69) is 10.3 Å². The summed E-state index contributed by atoms with van der Waals surface area (Å²) in [4.78, 5) is 17.4. The Morgan fingerprint density at radius 2 is 2.23 bits per heavy atom. The van der Waals surface area contributed by atoms with Crippen LogP contribution in [-0.2, 0) is 15.1 Å². The highest BCUT2D eigenvalue weighted by Gasteiger charge is 2.40. The van der Waals surface area contributed by atoms with Crippen LogP contribution in [0.25, 0.3) is 5.57 Å². The third-order valence-corrected chi connectivity index (χ3v) is 3.14. The zero-order valence-electron chi connectivity index (χ0n) is 11.5. The van der Waals surface area contributed by atoms with Crippen molar-refractivity contribution in [2.75, 3.05) is 20.3 Å². The van der Waals surface area contributed by atoms with E-state index in [4.69, 9.17) is 26.7 Å². The SMILES string of the molecule is COC[C@H]1C=C(c2cnco2)[C@H]2CN1C(=O)N2.O=S(=O)(O)O. The molecule has 2 aliphatic rings. The van der Waals surface area contributed by atoms with E-state index in [-0.39, 0.29) is 18.1 Å². The third-order valence-electron chi connectivity index (χ3n) is 3.14. The highest BCUT2D eigenvalue weighted by Crippen LogP contribution is 2.29. The van der Waals surface area contributed by atoms with Crippen molar-refractivity contribution in [1.82, 2.24) is 15.2 Å². The highest BCUT2D eigenvalue weighted by atomic mass is 32.3. The van der Waals surface area contributed by atoms with Crippen molar-refractivity contribution in [2.45, 2.75) is 12.1 Å². The molecule has 0 unspecified atom stereocenters. The number of nitrogens with zero attached hydrogens (tertiary/aromatic N) is 2. The molecule has 1 saturated heterocycles. The molecule has 1 aromatic heterocycles. The number of urea groups is 1. The second kappa shape index (κ2) is 6.44. The average Bonchev–Trinajstić information content (AvgIpc) is 3.01. The highest BCUT2D eigenvalue weighted by molar-refractivity contribution is 7.79. The Labute approximate surface area is 126 Å². The summed E-state index contributed by atoms with van der Waals surface area (Å²) in [5.41, 5.74) is 0.978. The summed E-state index contributed by atoms with van der Waals surface area (Å²) in [7, 11) is -3.04. The number of oxazole rings is 1. The monoisotopic (exact) mass is 333 g/mol. The Bertz CT molecular complexity index is 647. The lowest BCUT2D eigenvalue weighted by atomic mass is 9.98. The summed E-state index contributed by atoms with van der Waals surface area (Å²) in [6.07, 6.45) is 5.07. The first kappa shape index (κ1) is 16.4. The van der Waals surface area contributed by atoms with Crippen LogP contribution in [0.2, 0.25) is 0 Å². The van der Waals surface area contributed by atoms with Crippen LogP contribution in [0.15, 0.2) is 23.1 Å². The van der Waals surface area contributed by atoms with Gasteiger partial charge in [-0.25, -0.2) is 9.78 Å². The first-order valence-electron chi connectivity index (χ1n) is 6.16. The molecule has 1 aromatic rings. The van der Waals surface area contributed by atoms with E-state index in [9.17, 15) is 4.79 Å². The fourth-order valence-corrected chi connectivity index (χ4v) is 2.35. The van der Waals surface area contributed by atoms with Gasteiger partial charge in [-0.05, 0) is 0 Å². The van der Waals surface area contributed by atoms with E-state index in [1.54, 1.807) is 18.2 Å². The Morgan fingerprint density at radius 3 is 2.77 bits per heavy atom. The molecule has 0 aromatic carbocycles. The number of ether oxygens (including phenoxy) is 1. The van der Waals surface area contributed by atoms with Gasteiger partial charge < -0.3 is 19.4 Å². The summed E-state index contributed by atoms with van der Waals surface area (Å²) < 4.78 is 42.0. The van der Waals surface area contributed by atoms with Crippen molar-refractivity contribution in [3.8, 4) is 0 Å². The zero-order valence-corrected chi connectivity index (χ0v) is 12.4. The number of amides is 2. The van der Waals surface area contributed by atoms with E-state index >= 15 is 0 Å². The number of hydrogen-bond donors (Lipinski definition) is 3.